The van der Waals surface area contributed by atoms with Gasteiger partial charge in [-0.1, -0.05) is 0 Å². The van der Waals surface area contributed by atoms with Crippen molar-refractivity contribution in [2.24, 2.45) is 0 Å². The minimum absolute atomic E-state index is 0.0808. The third kappa shape index (κ3) is 2.58. The molecule has 1 saturated heterocycles. The number of rotatable bonds is 3. The number of carbonyl (C=O) groups is 2. The molecule has 4 bridgehead atoms. The van der Waals surface area contributed by atoms with Gasteiger partial charge in [0.25, 0.3) is 0 Å². The number of allylic oxidation sites excluding steroid dienone is 1. The fourth-order valence-corrected chi connectivity index (χ4v) is 16.5. The Balaban J connectivity index is 1.54. The molecule has 0 aromatic heterocycles. The molecule has 6 nitrogen and oxygen atoms in total. The zero-order chi connectivity index (χ0) is 18.7. The van der Waals surface area contributed by atoms with Gasteiger partial charge in [-0.25, -0.2) is 0 Å². The first kappa shape index (κ1) is 16.8. The van der Waals surface area contributed by atoms with E-state index < -0.39 is 26.4 Å². The first-order valence-corrected chi connectivity index (χ1v) is 14.1. The first-order valence-electron chi connectivity index (χ1n) is 8.37. The fraction of sp³-hybridized carbons (Fsp3) is 0.0526. The van der Waals surface area contributed by atoms with Crippen molar-refractivity contribution in [3.05, 3.63) is 77.5 Å². The summed E-state index contributed by atoms with van der Waals surface area (Å²) in [6.07, 6.45) is 2.96. The molecule has 130 valence electrons. The number of thioether (sulfide) groups is 1. The minimum atomic E-state index is -2.62. The fourth-order valence-electron chi connectivity index (χ4n) is 4.06. The van der Waals surface area contributed by atoms with E-state index in [-0.39, 0.29) is 16.8 Å². The summed E-state index contributed by atoms with van der Waals surface area (Å²) < 4.78 is 3.82. The van der Waals surface area contributed by atoms with Crippen LogP contribution in [0, 0.1) is 10.1 Å². The molecule has 3 aliphatic heterocycles. The number of benzene rings is 2. The molecular weight excluding hydrogens is 467 g/mol. The Morgan fingerprint density at radius 2 is 1.89 bits per heavy atom. The van der Waals surface area contributed by atoms with E-state index in [9.17, 15) is 19.7 Å². The quantitative estimate of drug-likeness (QED) is 0.417. The Morgan fingerprint density at radius 3 is 2.52 bits per heavy atom. The molecule has 5 rings (SSSR count). The van der Waals surface area contributed by atoms with E-state index in [1.807, 2.05) is 12.1 Å². The average Bonchev–Trinajstić information content (AvgIpc) is 3.21. The van der Waals surface area contributed by atoms with Crippen molar-refractivity contribution in [2.45, 2.75) is 6.42 Å². The molecule has 27 heavy (non-hydrogen) atoms. The standard InChI is InChI=1S/C19H11N2O4S.In/c22-18-17(26-19(23)20-18)12-15-6-2-1-5-14(15)7-3-4-13-8-10-16(11-9-13)21(24)25;/h1-2,6-11H,4H2,(H,20,22,23);. The van der Waals surface area contributed by atoms with Crippen LogP contribution in [0.2, 0.25) is 0 Å². The van der Waals surface area contributed by atoms with Crippen LogP contribution in [0.4, 0.5) is 10.5 Å². The Kier molecular flexibility index (Phi) is 3.80. The van der Waals surface area contributed by atoms with Crippen molar-refractivity contribution >= 4 is 62.8 Å². The van der Waals surface area contributed by atoms with Crippen LogP contribution >= 0.6 is 11.8 Å². The third-order valence-electron chi connectivity index (χ3n) is 5.15. The molecule has 1 N–H and O–H groups in total. The normalized spacial score (nSPS) is 19.6. The van der Waals surface area contributed by atoms with Crippen molar-refractivity contribution in [3.8, 4) is 0 Å². The second kappa shape index (κ2) is 6.10. The van der Waals surface area contributed by atoms with Crippen molar-refractivity contribution in [1.82, 2.24) is 5.32 Å². The second-order valence-electron chi connectivity index (χ2n) is 6.65. The van der Waals surface area contributed by atoms with Gasteiger partial charge in [-0.05, 0) is 0 Å². The zero-order valence-electron chi connectivity index (χ0n) is 13.9. The van der Waals surface area contributed by atoms with Gasteiger partial charge in [-0.2, -0.15) is 0 Å². The third-order valence-corrected chi connectivity index (χ3v) is 16.4. The van der Waals surface area contributed by atoms with Gasteiger partial charge in [0.05, 0.1) is 0 Å². The molecule has 0 unspecified atom stereocenters. The van der Waals surface area contributed by atoms with Crippen LogP contribution < -0.4 is 8.64 Å². The van der Waals surface area contributed by atoms with Crippen molar-refractivity contribution in [3.63, 3.8) is 0 Å². The van der Waals surface area contributed by atoms with Gasteiger partial charge in [-0.3, -0.25) is 0 Å². The molecular formula is C19H11InN2O4S. The van der Waals surface area contributed by atoms with Crippen molar-refractivity contribution in [2.75, 3.05) is 0 Å². The Morgan fingerprint density at radius 1 is 1.11 bits per heavy atom. The van der Waals surface area contributed by atoms with E-state index in [1.54, 1.807) is 12.1 Å². The van der Waals surface area contributed by atoms with Gasteiger partial charge in [0.15, 0.2) is 0 Å². The van der Waals surface area contributed by atoms with E-state index in [4.69, 9.17) is 0 Å². The van der Waals surface area contributed by atoms with Crippen LogP contribution in [-0.2, 0) is 11.2 Å². The Bertz CT molecular complexity index is 1120. The SMILES string of the molecule is O=C1NC(=O)/C(=[C]2\c3ccc[c]4c3C=[C](Cc3ccc([N+](=O)[O-])cc3)[In]24)S1. The number of amides is 2. The van der Waals surface area contributed by atoms with E-state index in [1.165, 1.54) is 24.3 Å². The Labute approximate surface area is 166 Å². The van der Waals surface area contributed by atoms with Crippen molar-refractivity contribution < 1.29 is 14.5 Å². The van der Waals surface area contributed by atoms with Crippen molar-refractivity contribution in [1.29, 1.82) is 0 Å². The molecule has 0 atom stereocenters. The molecule has 1 fully saturated rings. The number of nitrogens with zero attached hydrogens (tertiary/aromatic N) is 1. The maximum absolute atomic E-state index is 12.3. The molecule has 0 saturated carbocycles. The number of carbonyl (C=O) groups excluding carboxylic acids is 2. The molecule has 0 aliphatic carbocycles. The number of imide groups is 1. The van der Waals surface area contributed by atoms with Gasteiger partial charge >= 0.3 is 167 Å². The molecule has 2 amide bonds. The zero-order valence-corrected chi connectivity index (χ0v) is 18.0. The molecule has 3 heterocycles. The number of hydrogen-bond acceptors (Lipinski definition) is 5. The summed E-state index contributed by atoms with van der Waals surface area (Å²) in [5, 5.41) is 12.9. The van der Waals surface area contributed by atoms with E-state index in [0.29, 0.717) is 4.91 Å². The van der Waals surface area contributed by atoms with Gasteiger partial charge in [0.1, 0.15) is 0 Å². The molecule has 3 aliphatic rings. The number of nitrogens with one attached hydrogen (secondary N) is 1. The molecule has 2 aromatic rings. The van der Waals surface area contributed by atoms with Gasteiger partial charge < -0.3 is 0 Å². The van der Waals surface area contributed by atoms with Crippen LogP contribution in [0.25, 0.3) is 9.41 Å². The van der Waals surface area contributed by atoms with E-state index in [2.05, 4.69) is 17.5 Å². The van der Waals surface area contributed by atoms with E-state index >= 15 is 0 Å². The van der Waals surface area contributed by atoms with Crippen LogP contribution in [0.1, 0.15) is 16.7 Å². The predicted octanol–water partition coefficient (Wildman–Crippen LogP) is 2.72. The molecule has 0 spiro atoms. The summed E-state index contributed by atoms with van der Waals surface area (Å²) in [7, 11) is 0. The summed E-state index contributed by atoms with van der Waals surface area (Å²) in [6.45, 7) is 0. The summed E-state index contributed by atoms with van der Waals surface area (Å²) in [6, 6.07) is 12.8. The molecule has 8 heteroatoms. The summed E-state index contributed by atoms with van der Waals surface area (Å²) in [5.74, 6) is -0.285. The monoisotopic (exact) mass is 478 g/mol. The average molecular weight is 478 g/mol. The van der Waals surface area contributed by atoms with Gasteiger partial charge in [-0.15, -0.1) is 0 Å². The predicted molar refractivity (Wildman–Crippen MR) is 105 cm³/mol. The maximum atomic E-state index is 12.3. The van der Waals surface area contributed by atoms with Gasteiger partial charge in [0.2, 0.25) is 0 Å². The number of nitro groups is 1. The number of non-ortho nitro benzene ring substituents is 1. The van der Waals surface area contributed by atoms with Crippen LogP contribution in [0.15, 0.2) is 50.7 Å². The van der Waals surface area contributed by atoms with Gasteiger partial charge in [0, 0.05) is 0 Å². The molecule has 2 aromatic carbocycles. The second-order valence-corrected chi connectivity index (χ2v) is 15.6. The topological polar surface area (TPSA) is 89.3 Å². The summed E-state index contributed by atoms with van der Waals surface area (Å²) in [5.41, 5.74) is 3.41. The number of nitro benzene ring substituents is 1. The van der Waals surface area contributed by atoms with Crippen LogP contribution in [0.3, 0.4) is 0 Å². The summed E-state index contributed by atoms with van der Waals surface area (Å²) >= 11 is -1.62. The number of hydrogen-bond donors (Lipinski definition) is 1. The van der Waals surface area contributed by atoms with E-state index in [0.717, 1.165) is 32.6 Å². The summed E-state index contributed by atoms with van der Waals surface area (Å²) in [4.78, 5) is 35.0. The Hall–Kier alpha value is -2.32. The van der Waals surface area contributed by atoms with Crippen LogP contribution in [0.5, 0.6) is 0 Å². The first-order chi connectivity index (χ1) is 13.0. The van der Waals surface area contributed by atoms with Crippen LogP contribution in [-0.4, -0.2) is 37.5 Å². The molecule has 0 radical (unpaired) electrons.